The summed E-state index contributed by atoms with van der Waals surface area (Å²) in [6.45, 7) is 2.72. The molecule has 0 saturated carbocycles. The van der Waals surface area contributed by atoms with E-state index in [2.05, 4.69) is 10.6 Å². The smallest absolute Gasteiger partial charge is 0.314 e. The maximum atomic E-state index is 10.8. The highest BCUT2D eigenvalue weighted by Gasteiger charge is 1.99. The fraction of sp³-hybridized carbons (Fsp3) is 0.714. The molecule has 5 heteroatoms. The van der Waals surface area contributed by atoms with Gasteiger partial charge in [-0.1, -0.05) is 6.92 Å². The van der Waals surface area contributed by atoms with Crippen LogP contribution in [0.5, 0.6) is 0 Å². The summed E-state index contributed by atoms with van der Waals surface area (Å²) in [5, 5.41) is 13.2. The third-order valence-corrected chi connectivity index (χ3v) is 1.16. The summed E-state index contributed by atoms with van der Waals surface area (Å²) in [5.74, 6) is -0.911. The zero-order valence-corrected chi connectivity index (χ0v) is 7.09. The maximum absolute atomic E-state index is 10.8. The van der Waals surface area contributed by atoms with Gasteiger partial charge in [-0.05, 0) is 6.42 Å². The fourth-order valence-corrected chi connectivity index (χ4v) is 0.584. The van der Waals surface area contributed by atoms with Gasteiger partial charge in [0, 0.05) is 13.1 Å². The third-order valence-electron chi connectivity index (χ3n) is 1.16. The van der Waals surface area contributed by atoms with E-state index in [0.717, 1.165) is 6.42 Å². The van der Waals surface area contributed by atoms with Gasteiger partial charge in [0.05, 0.1) is 6.42 Å². The molecule has 0 atom stereocenters. The van der Waals surface area contributed by atoms with Crippen molar-refractivity contribution in [2.45, 2.75) is 19.8 Å². The molecule has 0 aromatic rings. The number of aliphatic carboxylic acids is 1. The minimum Gasteiger partial charge on any atom is -0.481 e. The van der Waals surface area contributed by atoms with E-state index in [-0.39, 0.29) is 19.0 Å². The minimum atomic E-state index is -0.911. The van der Waals surface area contributed by atoms with Crippen molar-refractivity contribution in [3.8, 4) is 0 Å². The number of carbonyl (C=O) groups excluding carboxylic acids is 1. The Hall–Kier alpha value is -1.26. The van der Waals surface area contributed by atoms with E-state index in [1.54, 1.807) is 0 Å². The highest BCUT2D eigenvalue weighted by atomic mass is 16.4. The van der Waals surface area contributed by atoms with Gasteiger partial charge in [-0.25, -0.2) is 4.79 Å². The Balaban J connectivity index is 3.25. The van der Waals surface area contributed by atoms with Gasteiger partial charge in [0.15, 0.2) is 0 Å². The lowest BCUT2D eigenvalue weighted by atomic mass is 10.4. The van der Waals surface area contributed by atoms with Crippen LogP contribution in [0, 0.1) is 0 Å². The minimum absolute atomic E-state index is 0.0421. The van der Waals surface area contributed by atoms with Crippen LogP contribution in [0.2, 0.25) is 0 Å². The SMILES string of the molecule is CCCNC(=O)NCCC(=O)O. The molecule has 0 saturated heterocycles. The average molecular weight is 174 g/mol. The van der Waals surface area contributed by atoms with Crippen molar-refractivity contribution in [2.75, 3.05) is 13.1 Å². The highest BCUT2D eigenvalue weighted by molar-refractivity contribution is 5.74. The summed E-state index contributed by atoms with van der Waals surface area (Å²) < 4.78 is 0. The Kier molecular flexibility index (Phi) is 5.77. The first-order valence-electron chi connectivity index (χ1n) is 3.90. The Morgan fingerprint density at radius 1 is 1.25 bits per heavy atom. The molecule has 3 N–H and O–H groups in total. The standard InChI is InChI=1S/C7H14N2O3/c1-2-4-8-7(12)9-5-3-6(10)11/h2-5H2,1H3,(H,10,11)(H2,8,9,12). The normalized spacial score (nSPS) is 9.08. The van der Waals surface area contributed by atoms with Crippen LogP contribution in [0.15, 0.2) is 0 Å². The molecule has 70 valence electrons. The number of amides is 2. The van der Waals surface area contributed by atoms with Crippen molar-refractivity contribution in [3.63, 3.8) is 0 Å². The van der Waals surface area contributed by atoms with Crippen molar-refractivity contribution >= 4 is 12.0 Å². The molecule has 0 aliphatic rings. The van der Waals surface area contributed by atoms with E-state index in [1.165, 1.54) is 0 Å². The van der Waals surface area contributed by atoms with Crippen LogP contribution in [0.3, 0.4) is 0 Å². The molecule has 0 aliphatic carbocycles. The molecular formula is C7H14N2O3. The first-order chi connectivity index (χ1) is 5.66. The van der Waals surface area contributed by atoms with Gasteiger partial charge < -0.3 is 15.7 Å². The summed E-state index contributed by atoms with van der Waals surface area (Å²) in [4.78, 5) is 20.8. The number of nitrogens with one attached hydrogen (secondary N) is 2. The molecule has 5 nitrogen and oxygen atoms in total. The van der Waals surface area contributed by atoms with Crippen LogP contribution in [-0.2, 0) is 4.79 Å². The Morgan fingerprint density at radius 3 is 2.33 bits per heavy atom. The Bertz CT molecular complexity index is 159. The van der Waals surface area contributed by atoms with E-state index >= 15 is 0 Å². The lowest BCUT2D eigenvalue weighted by Gasteiger charge is -2.03. The molecule has 0 rings (SSSR count). The van der Waals surface area contributed by atoms with Crippen LogP contribution in [0.25, 0.3) is 0 Å². The van der Waals surface area contributed by atoms with Crippen molar-refractivity contribution in [1.82, 2.24) is 10.6 Å². The molecule has 0 aromatic carbocycles. The molecule has 0 unspecified atom stereocenters. The number of carboxylic acids is 1. The second kappa shape index (κ2) is 6.45. The van der Waals surface area contributed by atoms with Gasteiger partial charge in [0.1, 0.15) is 0 Å². The zero-order chi connectivity index (χ0) is 9.40. The first-order valence-corrected chi connectivity index (χ1v) is 3.90. The van der Waals surface area contributed by atoms with Crippen molar-refractivity contribution < 1.29 is 14.7 Å². The molecule has 0 bridgehead atoms. The molecule has 12 heavy (non-hydrogen) atoms. The van der Waals surface area contributed by atoms with E-state index in [4.69, 9.17) is 5.11 Å². The molecule has 0 radical (unpaired) electrons. The molecule has 2 amide bonds. The van der Waals surface area contributed by atoms with Crippen LogP contribution < -0.4 is 10.6 Å². The Morgan fingerprint density at radius 2 is 1.83 bits per heavy atom. The van der Waals surface area contributed by atoms with Crippen LogP contribution >= 0.6 is 0 Å². The molecule has 0 fully saturated rings. The first kappa shape index (κ1) is 10.7. The number of carbonyl (C=O) groups is 2. The quantitative estimate of drug-likeness (QED) is 0.556. The van der Waals surface area contributed by atoms with Gasteiger partial charge >= 0.3 is 12.0 Å². The van der Waals surface area contributed by atoms with E-state index in [0.29, 0.717) is 6.54 Å². The molecular weight excluding hydrogens is 160 g/mol. The zero-order valence-electron chi connectivity index (χ0n) is 7.09. The predicted molar refractivity (Wildman–Crippen MR) is 43.9 cm³/mol. The maximum Gasteiger partial charge on any atom is 0.314 e. The lowest BCUT2D eigenvalue weighted by molar-refractivity contribution is -0.136. The molecule has 0 spiro atoms. The molecule has 0 heterocycles. The number of urea groups is 1. The van der Waals surface area contributed by atoms with Crippen molar-refractivity contribution in [1.29, 1.82) is 0 Å². The van der Waals surface area contributed by atoms with Gasteiger partial charge in [0.25, 0.3) is 0 Å². The second-order valence-electron chi connectivity index (χ2n) is 2.33. The van der Waals surface area contributed by atoms with Gasteiger partial charge in [-0.2, -0.15) is 0 Å². The predicted octanol–water partition coefficient (Wildman–Crippen LogP) is 0.170. The van der Waals surface area contributed by atoms with Crippen LogP contribution in [0.4, 0.5) is 4.79 Å². The van der Waals surface area contributed by atoms with Gasteiger partial charge in [0.2, 0.25) is 0 Å². The van der Waals surface area contributed by atoms with E-state index in [1.807, 2.05) is 6.92 Å². The second-order valence-corrected chi connectivity index (χ2v) is 2.33. The summed E-state index contributed by atoms with van der Waals surface area (Å²) >= 11 is 0. The molecule has 0 aliphatic heterocycles. The third kappa shape index (κ3) is 6.85. The monoisotopic (exact) mass is 174 g/mol. The number of rotatable bonds is 5. The number of carboxylic acid groups (broad SMARTS) is 1. The van der Waals surface area contributed by atoms with Gasteiger partial charge in [-0.15, -0.1) is 0 Å². The van der Waals surface area contributed by atoms with Crippen molar-refractivity contribution in [2.24, 2.45) is 0 Å². The summed E-state index contributed by atoms with van der Waals surface area (Å²) in [5.41, 5.74) is 0. The highest BCUT2D eigenvalue weighted by Crippen LogP contribution is 1.76. The summed E-state index contributed by atoms with van der Waals surface area (Å²) in [7, 11) is 0. The van der Waals surface area contributed by atoms with Gasteiger partial charge in [-0.3, -0.25) is 4.79 Å². The number of hydrogen-bond acceptors (Lipinski definition) is 2. The molecule has 0 aromatic heterocycles. The van der Waals surface area contributed by atoms with Crippen LogP contribution in [-0.4, -0.2) is 30.2 Å². The van der Waals surface area contributed by atoms with E-state index < -0.39 is 5.97 Å². The lowest BCUT2D eigenvalue weighted by Crippen LogP contribution is -2.36. The largest absolute Gasteiger partial charge is 0.481 e. The Labute approximate surface area is 71.1 Å². The topological polar surface area (TPSA) is 78.4 Å². The summed E-state index contributed by atoms with van der Waals surface area (Å²) in [6.07, 6.45) is 0.825. The van der Waals surface area contributed by atoms with E-state index in [9.17, 15) is 9.59 Å². The average Bonchev–Trinajstić information content (AvgIpc) is 2.00. The van der Waals surface area contributed by atoms with Crippen LogP contribution in [0.1, 0.15) is 19.8 Å². The number of hydrogen-bond donors (Lipinski definition) is 3. The summed E-state index contributed by atoms with van der Waals surface area (Å²) in [6, 6.07) is -0.307. The van der Waals surface area contributed by atoms with Crippen molar-refractivity contribution in [3.05, 3.63) is 0 Å². The fourth-order valence-electron chi connectivity index (χ4n) is 0.584.